The summed E-state index contributed by atoms with van der Waals surface area (Å²) in [6, 6.07) is 14.2. The lowest BCUT2D eigenvalue weighted by Crippen LogP contribution is -2.37. The maximum absolute atomic E-state index is 13.4. The van der Waals surface area contributed by atoms with E-state index in [4.69, 9.17) is 4.74 Å². The second-order valence-electron chi connectivity index (χ2n) is 6.57. The number of nitrogens with one attached hydrogen (secondary N) is 2. The molecule has 0 aliphatic heterocycles. The number of aromatic nitrogens is 3. The Bertz CT molecular complexity index is 974. The zero-order chi connectivity index (χ0) is 20.6. The number of aryl methyl sites for hydroxylation is 1. The maximum atomic E-state index is 13.4. The monoisotopic (exact) mass is 524 g/mol. The number of nitrogens with zero attached hydrogens (tertiary/aromatic N) is 4. The van der Waals surface area contributed by atoms with Crippen molar-refractivity contribution in [3.05, 3.63) is 77.1 Å². The first kappa shape index (κ1) is 23.6. The minimum absolute atomic E-state index is 0. The van der Waals surface area contributed by atoms with Gasteiger partial charge in [0.05, 0.1) is 20.2 Å². The van der Waals surface area contributed by atoms with E-state index in [0.717, 1.165) is 28.5 Å². The number of rotatable bonds is 7. The molecule has 1 heterocycles. The second kappa shape index (κ2) is 11.5. The highest BCUT2D eigenvalue weighted by molar-refractivity contribution is 14.0. The van der Waals surface area contributed by atoms with Crippen LogP contribution in [0.15, 0.2) is 53.5 Å². The quantitative estimate of drug-likeness (QED) is 0.282. The van der Waals surface area contributed by atoms with Gasteiger partial charge < -0.3 is 19.9 Å². The molecule has 3 rings (SSSR count). The van der Waals surface area contributed by atoms with Crippen LogP contribution >= 0.6 is 24.0 Å². The molecular weight excluding hydrogens is 498 g/mol. The Balaban J connectivity index is 0.00000320. The number of halogens is 2. The summed E-state index contributed by atoms with van der Waals surface area (Å²) in [5.74, 6) is 2.78. The molecule has 0 aliphatic rings. The van der Waals surface area contributed by atoms with Crippen molar-refractivity contribution < 1.29 is 9.13 Å². The number of hydrogen-bond donors (Lipinski definition) is 2. The number of benzene rings is 2. The Morgan fingerprint density at radius 2 is 1.80 bits per heavy atom. The van der Waals surface area contributed by atoms with Crippen LogP contribution in [0.5, 0.6) is 5.75 Å². The molecule has 0 saturated carbocycles. The predicted molar refractivity (Wildman–Crippen MR) is 125 cm³/mol. The molecule has 0 saturated heterocycles. The van der Waals surface area contributed by atoms with Crippen LogP contribution in [-0.2, 0) is 26.7 Å². The fraction of sp³-hybridized carbons (Fsp3) is 0.286. The Hall–Kier alpha value is -2.69. The molecule has 3 aromatic rings. The SMILES string of the molecule is COc1ccc(CNC(=NCc2cccc(F)c2)NCc2nnc(C)n2C)cc1.I. The highest BCUT2D eigenvalue weighted by Gasteiger charge is 2.07. The number of guanidine groups is 1. The Labute approximate surface area is 192 Å². The van der Waals surface area contributed by atoms with E-state index in [1.54, 1.807) is 13.2 Å². The van der Waals surface area contributed by atoms with Gasteiger partial charge in [0.1, 0.15) is 17.4 Å². The number of hydrogen-bond acceptors (Lipinski definition) is 4. The Morgan fingerprint density at radius 3 is 2.43 bits per heavy atom. The zero-order valence-electron chi connectivity index (χ0n) is 17.2. The van der Waals surface area contributed by atoms with E-state index in [-0.39, 0.29) is 29.8 Å². The van der Waals surface area contributed by atoms with Gasteiger partial charge in [-0.2, -0.15) is 0 Å². The first-order chi connectivity index (χ1) is 14.0. The van der Waals surface area contributed by atoms with Crippen molar-refractivity contribution in [1.29, 1.82) is 0 Å². The highest BCUT2D eigenvalue weighted by atomic mass is 127. The van der Waals surface area contributed by atoms with Crippen LogP contribution in [0.3, 0.4) is 0 Å². The van der Waals surface area contributed by atoms with Gasteiger partial charge in [0.15, 0.2) is 11.8 Å². The third kappa shape index (κ3) is 6.68. The topological polar surface area (TPSA) is 76.4 Å². The largest absolute Gasteiger partial charge is 0.497 e. The normalized spacial score (nSPS) is 11.0. The molecule has 0 atom stereocenters. The summed E-state index contributed by atoms with van der Waals surface area (Å²) < 4.78 is 20.5. The lowest BCUT2D eigenvalue weighted by atomic mass is 10.2. The first-order valence-electron chi connectivity index (χ1n) is 9.29. The molecule has 2 N–H and O–H groups in total. The van der Waals surface area contributed by atoms with E-state index in [1.807, 2.05) is 48.9 Å². The standard InChI is InChI=1S/C21H25FN6O.HI/c1-15-26-27-20(28(15)2)14-25-21(24-13-17-5-4-6-18(22)11-17)23-12-16-7-9-19(29-3)10-8-16;/h4-11H,12-14H2,1-3H3,(H2,23,24,25);1H. The lowest BCUT2D eigenvalue weighted by molar-refractivity contribution is 0.414. The second-order valence-corrected chi connectivity index (χ2v) is 6.57. The van der Waals surface area contributed by atoms with Crippen molar-refractivity contribution in [3.8, 4) is 5.75 Å². The van der Waals surface area contributed by atoms with Crippen molar-refractivity contribution in [1.82, 2.24) is 25.4 Å². The number of aliphatic imine (C=N–C) groups is 1. The molecule has 0 fully saturated rings. The summed E-state index contributed by atoms with van der Waals surface area (Å²) in [5, 5.41) is 14.8. The van der Waals surface area contributed by atoms with Crippen LogP contribution in [0.1, 0.15) is 22.8 Å². The van der Waals surface area contributed by atoms with Crippen LogP contribution in [0.25, 0.3) is 0 Å². The maximum Gasteiger partial charge on any atom is 0.192 e. The molecule has 7 nitrogen and oxygen atoms in total. The van der Waals surface area contributed by atoms with E-state index >= 15 is 0 Å². The summed E-state index contributed by atoms with van der Waals surface area (Å²) >= 11 is 0. The molecule has 0 unspecified atom stereocenters. The van der Waals surface area contributed by atoms with Crippen molar-refractivity contribution in [2.24, 2.45) is 12.0 Å². The number of methoxy groups -OCH3 is 1. The molecule has 160 valence electrons. The molecular formula is C21H26FIN6O. The minimum Gasteiger partial charge on any atom is -0.497 e. The van der Waals surface area contributed by atoms with Crippen LogP contribution in [0.2, 0.25) is 0 Å². The Morgan fingerprint density at radius 1 is 1.07 bits per heavy atom. The van der Waals surface area contributed by atoms with Crippen LogP contribution < -0.4 is 15.4 Å². The van der Waals surface area contributed by atoms with Gasteiger partial charge in [-0.3, -0.25) is 0 Å². The van der Waals surface area contributed by atoms with Gasteiger partial charge >= 0.3 is 0 Å². The Kier molecular flexibility index (Phi) is 9.03. The van der Waals surface area contributed by atoms with Gasteiger partial charge in [0.25, 0.3) is 0 Å². The average Bonchev–Trinajstić information content (AvgIpc) is 3.06. The summed E-state index contributed by atoms with van der Waals surface area (Å²) in [7, 11) is 3.56. The van der Waals surface area contributed by atoms with E-state index < -0.39 is 0 Å². The minimum atomic E-state index is -0.270. The molecule has 0 spiro atoms. The third-order valence-corrected chi connectivity index (χ3v) is 4.52. The molecule has 1 aromatic heterocycles. The summed E-state index contributed by atoms with van der Waals surface area (Å²) in [4.78, 5) is 4.58. The third-order valence-electron chi connectivity index (χ3n) is 4.52. The molecule has 30 heavy (non-hydrogen) atoms. The summed E-state index contributed by atoms with van der Waals surface area (Å²) in [6.07, 6.45) is 0. The summed E-state index contributed by atoms with van der Waals surface area (Å²) in [6.45, 7) is 3.30. The van der Waals surface area contributed by atoms with Gasteiger partial charge in [0.2, 0.25) is 0 Å². The van der Waals surface area contributed by atoms with Crippen LogP contribution in [0.4, 0.5) is 4.39 Å². The fourth-order valence-corrected chi connectivity index (χ4v) is 2.68. The van der Waals surface area contributed by atoms with Gasteiger partial charge in [-0.15, -0.1) is 34.2 Å². The number of ether oxygens (including phenoxy) is 1. The molecule has 0 radical (unpaired) electrons. The van der Waals surface area contributed by atoms with Gasteiger partial charge in [-0.1, -0.05) is 24.3 Å². The first-order valence-corrected chi connectivity index (χ1v) is 9.29. The highest BCUT2D eigenvalue weighted by Crippen LogP contribution is 2.11. The van der Waals surface area contributed by atoms with Crippen LogP contribution in [-0.4, -0.2) is 27.8 Å². The molecule has 9 heteroatoms. The molecule has 0 amide bonds. The molecule has 0 aliphatic carbocycles. The van der Waals surface area contributed by atoms with Gasteiger partial charge in [0, 0.05) is 13.6 Å². The molecule has 0 bridgehead atoms. The van der Waals surface area contributed by atoms with E-state index in [0.29, 0.717) is 25.6 Å². The lowest BCUT2D eigenvalue weighted by Gasteiger charge is -2.13. The van der Waals surface area contributed by atoms with E-state index in [9.17, 15) is 4.39 Å². The van der Waals surface area contributed by atoms with E-state index in [2.05, 4.69) is 25.8 Å². The predicted octanol–water partition coefficient (Wildman–Crippen LogP) is 3.32. The zero-order valence-corrected chi connectivity index (χ0v) is 19.6. The van der Waals surface area contributed by atoms with Gasteiger partial charge in [-0.25, -0.2) is 9.38 Å². The van der Waals surface area contributed by atoms with Crippen LogP contribution in [0, 0.1) is 12.7 Å². The molecule has 2 aromatic carbocycles. The van der Waals surface area contributed by atoms with Crippen molar-refractivity contribution in [2.45, 2.75) is 26.6 Å². The average molecular weight is 524 g/mol. The van der Waals surface area contributed by atoms with Crippen molar-refractivity contribution >= 4 is 29.9 Å². The van der Waals surface area contributed by atoms with Crippen molar-refractivity contribution in [2.75, 3.05) is 7.11 Å². The van der Waals surface area contributed by atoms with E-state index in [1.165, 1.54) is 12.1 Å². The van der Waals surface area contributed by atoms with Gasteiger partial charge in [-0.05, 0) is 42.3 Å². The summed E-state index contributed by atoms with van der Waals surface area (Å²) in [5.41, 5.74) is 1.88. The smallest absolute Gasteiger partial charge is 0.192 e. The van der Waals surface area contributed by atoms with Crippen molar-refractivity contribution in [3.63, 3.8) is 0 Å². The fourth-order valence-electron chi connectivity index (χ4n) is 2.68.